The van der Waals surface area contributed by atoms with Crippen molar-refractivity contribution in [3.8, 4) is 5.75 Å². The minimum Gasteiger partial charge on any atom is -0.497 e. The molecule has 0 fully saturated rings. The zero-order valence-corrected chi connectivity index (χ0v) is 14.9. The molecule has 0 saturated carbocycles. The van der Waals surface area contributed by atoms with Gasteiger partial charge < -0.3 is 14.2 Å². The van der Waals surface area contributed by atoms with Crippen molar-refractivity contribution < 1.29 is 9.53 Å². The highest BCUT2D eigenvalue weighted by molar-refractivity contribution is 7.99. The Bertz CT molecular complexity index is 712. The fourth-order valence-electron chi connectivity index (χ4n) is 2.97. The third-order valence-electron chi connectivity index (χ3n) is 3.98. The van der Waals surface area contributed by atoms with E-state index in [1.807, 2.05) is 39.3 Å². The summed E-state index contributed by atoms with van der Waals surface area (Å²) in [5.74, 6) is 1.97. The maximum Gasteiger partial charge on any atom is 0.171 e. The number of ether oxygens (including phenoxy) is 1. The van der Waals surface area contributed by atoms with Crippen LogP contribution in [0, 0.1) is 5.92 Å². The van der Waals surface area contributed by atoms with Crippen LogP contribution in [0.15, 0.2) is 23.2 Å². The van der Waals surface area contributed by atoms with Crippen LogP contribution in [0.3, 0.4) is 0 Å². The highest BCUT2D eigenvalue weighted by Gasteiger charge is 2.33. The number of carbonyl (C=O) groups excluding carboxylic acids is 1. The maximum absolute atomic E-state index is 12.9. The van der Waals surface area contributed by atoms with Crippen LogP contribution in [0.4, 0.5) is 0 Å². The number of benzene rings is 1. The Morgan fingerprint density at radius 3 is 2.77 bits per heavy atom. The molecule has 120 valence electrons. The van der Waals surface area contributed by atoms with E-state index < -0.39 is 0 Å². The van der Waals surface area contributed by atoms with Crippen molar-refractivity contribution in [2.45, 2.75) is 5.03 Å². The van der Waals surface area contributed by atoms with Crippen molar-refractivity contribution in [2.75, 3.05) is 33.5 Å². The minimum atomic E-state index is 0. The number of Topliss-reactive ketones (excluding diaryl/α,β-unsaturated/α-hetero) is 1. The van der Waals surface area contributed by atoms with E-state index in [-0.39, 0.29) is 24.1 Å². The molecule has 0 spiro atoms. The number of halogens is 1. The van der Waals surface area contributed by atoms with Crippen molar-refractivity contribution >= 4 is 40.9 Å². The molecule has 1 aliphatic heterocycles. The van der Waals surface area contributed by atoms with Crippen molar-refractivity contribution in [3.05, 3.63) is 23.8 Å². The summed E-state index contributed by atoms with van der Waals surface area (Å²) in [6.45, 7) is 0.797. The van der Waals surface area contributed by atoms with Gasteiger partial charge in [-0.2, -0.15) is 0 Å². The molecule has 3 rings (SSSR count). The smallest absolute Gasteiger partial charge is 0.171 e. The summed E-state index contributed by atoms with van der Waals surface area (Å²) < 4.78 is 7.44. The fraction of sp³-hybridized carbons (Fsp3) is 0.438. The summed E-state index contributed by atoms with van der Waals surface area (Å²) in [4.78, 5) is 15.0. The molecule has 4 nitrogen and oxygen atoms in total. The summed E-state index contributed by atoms with van der Waals surface area (Å²) in [5.41, 5.74) is 1.96. The van der Waals surface area contributed by atoms with E-state index in [9.17, 15) is 4.79 Å². The molecule has 1 unspecified atom stereocenters. The Morgan fingerprint density at radius 1 is 1.41 bits per heavy atom. The Balaban J connectivity index is 0.00000176. The molecular weight excluding hydrogens is 320 g/mol. The van der Waals surface area contributed by atoms with Gasteiger partial charge in [0.15, 0.2) is 5.78 Å². The number of hydrogen-bond donors (Lipinski definition) is 0. The van der Waals surface area contributed by atoms with E-state index in [0.717, 1.165) is 39.5 Å². The number of thioether (sulfide) groups is 1. The van der Waals surface area contributed by atoms with E-state index >= 15 is 0 Å². The Hall–Kier alpha value is -1.17. The van der Waals surface area contributed by atoms with Crippen LogP contribution in [0.2, 0.25) is 0 Å². The lowest BCUT2D eigenvalue weighted by Gasteiger charge is -2.24. The molecule has 0 radical (unpaired) electrons. The molecule has 0 bridgehead atoms. The lowest BCUT2D eigenvalue weighted by atomic mass is 9.97. The first-order chi connectivity index (χ1) is 10.0. The molecule has 2 aromatic rings. The predicted molar refractivity (Wildman–Crippen MR) is 93.8 cm³/mol. The van der Waals surface area contributed by atoms with Crippen LogP contribution in [-0.2, 0) is 7.05 Å². The van der Waals surface area contributed by atoms with Crippen LogP contribution < -0.4 is 4.74 Å². The Morgan fingerprint density at radius 2 is 2.14 bits per heavy atom. The molecule has 0 amide bonds. The van der Waals surface area contributed by atoms with Gasteiger partial charge in [0, 0.05) is 36.2 Å². The molecule has 2 heterocycles. The van der Waals surface area contributed by atoms with Crippen LogP contribution in [0.5, 0.6) is 5.75 Å². The van der Waals surface area contributed by atoms with Gasteiger partial charge in [-0.05, 0) is 32.3 Å². The number of fused-ring (bicyclic) bond motifs is 3. The molecule has 22 heavy (non-hydrogen) atoms. The first-order valence-electron chi connectivity index (χ1n) is 7.01. The van der Waals surface area contributed by atoms with Gasteiger partial charge in [-0.1, -0.05) is 0 Å². The quantitative estimate of drug-likeness (QED) is 0.860. The van der Waals surface area contributed by atoms with Gasteiger partial charge in [0.2, 0.25) is 0 Å². The van der Waals surface area contributed by atoms with Crippen molar-refractivity contribution in [1.82, 2.24) is 9.47 Å². The van der Waals surface area contributed by atoms with Gasteiger partial charge in [-0.3, -0.25) is 4.79 Å². The fourth-order valence-corrected chi connectivity index (χ4v) is 4.23. The lowest BCUT2D eigenvalue weighted by Crippen LogP contribution is -2.32. The highest BCUT2D eigenvalue weighted by Crippen LogP contribution is 2.40. The topological polar surface area (TPSA) is 34.5 Å². The van der Waals surface area contributed by atoms with Gasteiger partial charge >= 0.3 is 0 Å². The van der Waals surface area contributed by atoms with Crippen LogP contribution in [0.25, 0.3) is 10.9 Å². The molecule has 0 saturated heterocycles. The van der Waals surface area contributed by atoms with E-state index in [0.29, 0.717) is 0 Å². The molecule has 0 N–H and O–H groups in total. The monoisotopic (exact) mass is 340 g/mol. The average Bonchev–Trinajstić information content (AvgIpc) is 2.75. The van der Waals surface area contributed by atoms with E-state index in [4.69, 9.17) is 4.74 Å². The third kappa shape index (κ3) is 2.73. The third-order valence-corrected chi connectivity index (χ3v) is 5.30. The number of carbonyl (C=O) groups is 1. The molecule has 1 aliphatic rings. The van der Waals surface area contributed by atoms with Gasteiger partial charge in [0.25, 0.3) is 0 Å². The number of nitrogens with zero attached hydrogens (tertiary/aromatic N) is 2. The number of ketones is 1. The van der Waals surface area contributed by atoms with Crippen LogP contribution in [-0.4, -0.2) is 48.8 Å². The lowest BCUT2D eigenvalue weighted by molar-refractivity contribution is 0.0908. The summed E-state index contributed by atoms with van der Waals surface area (Å²) in [6, 6.07) is 5.95. The molecular formula is C16H21ClN2O2S. The second-order valence-corrected chi connectivity index (χ2v) is 6.77. The van der Waals surface area contributed by atoms with Crippen molar-refractivity contribution in [1.29, 1.82) is 0 Å². The number of rotatable bonds is 3. The first kappa shape index (κ1) is 17.2. The van der Waals surface area contributed by atoms with E-state index in [1.165, 1.54) is 0 Å². The predicted octanol–water partition coefficient (Wildman–Crippen LogP) is 3.07. The second-order valence-electron chi connectivity index (χ2n) is 5.76. The summed E-state index contributed by atoms with van der Waals surface area (Å²) in [6.07, 6.45) is 0. The Labute approximate surface area is 141 Å². The summed E-state index contributed by atoms with van der Waals surface area (Å²) in [7, 11) is 7.71. The molecule has 1 aromatic carbocycles. The van der Waals surface area contributed by atoms with Crippen LogP contribution in [0.1, 0.15) is 10.4 Å². The van der Waals surface area contributed by atoms with Gasteiger partial charge in [0.1, 0.15) is 5.75 Å². The van der Waals surface area contributed by atoms with Gasteiger partial charge in [-0.15, -0.1) is 24.2 Å². The van der Waals surface area contributed by atoms with E-state index in [2.05, 4.69) is 9.47 Å². The SMILES string of the molecule is COc1ccc2c(c1)c1c(n2C)SCC(CN(C)C)C1=O.Cl. The molecule has 1 atom stereocenters. The highest BCUT2D eigenvalue weighted by atomic mass is 35.5. The van der Waals surface area contributed by atoms with Gasteiger partial charge in [-0.25, -0.2) is 0 Å². The largest absolute Gasteiger partial charge is 0.497 e. The second kappa shape index (κ2) is 6.52. The molecule has 0 aliphatic carbocycles. The molecule has 1 aromatic heterocycles. The maximum atomic E-state index is 12.9. The molecule has 6 heteroatoms. The van der Waals surface area contributed by atoms with Crippen molar-refractivity contribution in [3.63, 3.8) is 0 Å². The number of aromatic nitrogens is 1. The van der Waals surface area contributed by atoms with Crippen molar-refractivity contribution in [2.24, 2.45) is 13.0 Å². The van der Waals surface area contributed by atoms with Gasteiger partial charge in [0.05, 0.1) is 17.7 Å². The minimum absolute atomic E-state index is 0. The number of aryl methyl sites for hydroxylation is 1. The summed E-state index contributed by atoms with van der Waals surface area (Å²) in [5, 5.41) is 2.09. The van der Waals surface area contributed by atoms with Crippen LogP contribution >= 0.6 is 24.2 Å². The number of methoxy groups -OCH3 is 1. The average molecular weight is 341 g/mol. The number of hydrogen-bond acceptors (Lipinski definition) is 4. The first-order valence-corrected chi connectivity index (χ1v) is 7.99. The Kier molecular flexibility index (Phi) is 5.10. The zero-order chi connectivity index (χ0) is 15.1. The zero-order valence-electron chi connectivity index (χ0n) is 13.3. The van der Waals surface area contributed by atoms with E-state index in [1.54, 1.807) is 18.9 Å². The normalized spacial score (nSPS) is 17.5. The summed E-state index contributed by atoms with van der Waals surface area (Å²) >= 11 is 1.78. The standard InChI is InChI=1S/C16H20N2O2S.ClH/c1-17(2)8-10-9-21-16-14(15(10)19)12-7-11(20-4)5-6-13(12)18(16)3;/h5-7,10H,8-9H2,1-4H3;1H.